The highest BCUT2D eigenvalue weighted by molar-refractivity contribution is 5.74. The van der Waals surface area contributed by atoms with Crippen LogP contribution >= 0.6 is 0 Å². The van der Waals surface area contributed by atoms with Gasteiger partial charge in [-0.2, -0.15) is 0 Å². The van der Waals surface area contributed by atoms with Gasteiger partial charge in [-0.25, -0.2) is 14.8 Å². The lowest BCUT2D eigenvalue weighted by Gasteiger charge is -2.30. The van der Waals surface area contributed by atoms with Crippen molar-refractivity contribution in [2.45, 2.75) is 26.3 Å². The van der Waals surface area contributed by atoms with E-state index >= 15 is 0 Å². The number of amides is 2. The molecule has 0 radical (unpaired) electrons. The van der Waals surface area contributed by atoms with E-state index in [4.69, 9.17) is 0 Å². The average Bonchev–Trinajstić information content (AvgIpc) is 2.37. The fourth-order valence-corrected chi connectivity index (χ4v) is 2.07. The molecule has 17 heavy (non-hydrogen) atoms. The third-order valence-corrected chi connectivity index (χ3v) is 3.01. The molecule has 0 aromatic carbocycles. The molecule has 1 aliphatic rings. The number of urea groups is 1. The van der Waals surface area contributed by atoms with E-state index in [1.807, 2.05) is 4.90 Å². The lowest BCUT2D eigenvalue weighted by molar-refractivity contribution is 0.169. The fourth-order valence-electron chi connectivity index (χ4n) is 2.07. The molecule has 1 aliphatic heterocycles. The van der Waals surface area contributed by atoms with Gasteiger partial charge in [-0.1, -0.05) is 6.92 Å². The molecule has 0 spiro atoms. The molecule has 0 saturated carbocycles. The second-order valence-corrected chi connectivity index (χ2v) is 4.55. The molecule has 5 heteroatoms. The summed E-state index contributed by atoms with van der Waals surface area (Å²) in [5.74, 6) is 0.605. The summed E-state index contributed by atoms with van der Waals surface area (Å²) in [6, 6.07) is 1.81. The second-order valence-electron chi connectivity index (χ2n) is 4.55. The van der Waals surface area contributed by atoms with Gasteiger partial charge in [-0.15, -0.1) is 0 Å². The molecule has 1 fully saturated rings. The molecule has 92 valence electrons. The maximum Gasteiger partial charge on any atom is 0.317 e. The van der Waals surface area contributed by atoms with Gasteiger partial charge in [0.15, 0.2) is 0 Å². The maximum atomic E-state index is 11.9. The summed E-state index contributed by atoms with van der Waals surface area (Å²) in [5.41, 5.74) is 0.832. The largest absolute Gasteiger partial charge is 0.332 e. The SMILES string of the molecule is CC1CCCN(C(=O)NCc2ccncn2)C1. The van der Waals surface area contributed by atoms with Crippen LogP contribution in [0.15, 0.2) is 18.6 Å². The Labute approximate surface area is 101 Å². The number of aromatic nitrogens is 2. The Morgan fingerprint density at radius 3 is 3.24 bits per heavy atom. The summed E-state index contributed by atoms with van der Waals surface area (Å²) < 4.78 is 0. The van der Waals surface area contributed by atoms with Crippen molar-refractivity contribution in [1.82, 2.24) is 20.2 Å². The number of piperidine rings is 1. The first-order valence-corrected chi connectivity index (χ1v) is 6.03. The third-order valence-electron chi connectivity index (χ3n) is 3.01. The van der Waals surface area contributed by atoms with Gasteiger partial charge in [0.2, 0.25) is 0 Å². The van der Waals surface area contributed by atoms with Crippen LogP contribution < -0.4 is 5.32 Å². The molecule has 0 aliphatic carbocycles. The summed E-state index contributed by atoms with van der Waals surface area (Å²) in [6.45, 7) is 4.37. The van der Waals surface area contributed by atoms with Crippen LogP contribution in [0.4, 0.5) is 4.79 Å². The van der Waals surface area contributed by atoms with E-state index in [2.05, 4.69) is 22.2 Å². The van der Waals surface area contributed by atoms with E-state index in [9.17, 15) is 4.79 Å². The summed E-state index contributed by atoms with van der Waals surface area (Å²) in [4.78, 5) is 21.7. The summed E-state index contributed by atoms with van der Waals surface area (Å²) in [6.07, 6.45) is 5.49. The monoisotopic (exact) mass is 234 g/mol. The highest BCUT2D eigenvalue weighted by Crippen LogP contribution is 2.15. The smallest absolute Gasteiger partial charge is 0.317 e. The number of carbonyl (C=O) groups excluding carboxylic acids is 1. The van der Waals surface area contributed by atoms with E-state index in [0.717, 1.165) is 25.2 Å². The van der Waals surface area contributed by atoms with E-state index < -0.39 is 0 Å². The standard InChI is InChI=1S/C12H18N4O/c1-10-3-2-6-16(8-10)12(17)14-7-11-4-5-13-9-15-11/h4-5,9-10H,2-3,6-8H2,1H3,(H,14,17). The number of hydrogen-bond acceptors (Lipinski definition) is 3. The lowest BCUT2D eigenvalue weighted by atomic mass is 10.0. The zero-order chi connectivity index (χ0) is 12.1. The minimum atomic E-state index is 0.00941. The van der Waals surface area contributed by atoms with Crippen molar-refractivity contribution in [3.05, 3.63) is 24.3 Å². The molecule has 1 unspecified atom stereocenters. The molecule has 5 nitrogen and oxygen atoms in total. The number of nitrogens with zero attached hydrogens (tertiary/aromatic N) is 3. The lowest BCUT2D eigenvalue weighted by Crippen LogP contribution is -2.44. The molecule has 2 amide bonds. The van der Waals surface area contributed by atoms with Gasteiger partial charge in [0.25, 0.3) is 0 Å². The van der Waals surface area contributed by atoms with Crippen LogP contribution in [0.25, 0.3) is 0 Å². The molecular formula is C12H18N4O. The van der Waals surface area contributed by atoms with Crippen LogP contribution in [0.5, 0.6) is 0 Å². The van der Waals surface area contributed by atoms with E-state index in [1.54, 1.807) is 12.3 Å². The van der Waals surface area contributed by atoms with Crippen molar-refractivity contribution in [3.63, 3.8) is 0 Å². The number of nitrogens with one attached hydrogen (secondary N) is 1. The first-order chi connectivity index (χ1) is 8.25. The molecule has 2 rings (SSSR count). The third kappa shape index (κ3) is 3.41. The van der Waals surface area contributed by atoms with Crippen molar-refractivity contribution in [2.24, 2.45) is 5.92 Å². The molecule has 0 bridgehead atoms. The highest BCUT2D eigenvalue weighted by Gasteiger charge is 2.20. The normalized spacial score (nSPS) is 20.1. The zero-order valence-electron chi connectivity index (χ0n) is 10.1. The number of hydrogen-bond donors (Lipinski definition) is 1. The van der Waals surface area contributed by atoms with Crippen molar-refractivity contribution >= 4 is 6.03 Å². The maximum absolute atomic E-state index is 11.9. The Balaban J connectivity index is 1.81. The van der Waals surface area contributed by atoms with Crippen LogP contribution in [0, 0.1) is 5.92 Å². The molecule has 2 heterocycles. The van der Waals surface area contributed by atoms with Gasteiger partial charge < -0.3 is 10.2 Å². The van der Waals surface area contributed by atoms with Crippen molar-refractivity contribution in [2.75, 3.05) is 13.1 Å². The minimum Gasteiger partial charge on any atom is -0.332 e. The summed E-state index contributed by atoms with van der Waals surface area (Å²) in [5, 5.41) is 2.89. The highest BCUT2D eigenvalue weighted by atomic mass is 16.2. The summed E-state index contributed by atoms with van der Waals surface area (Å²) >= 11 is 0. The van der Waals surface area contributed by atoms with Crippen molar-refractivity contribution in [1.29, 1.82) is 0 Å². The minimum absolute atomic E-state index is 0.00941. The van der Waals surface area contributed by atoms with Gasteiger partial charge >= 0.3 is 6.03 Å². The number of likely N-dealkylation sites (tertiary alicyclic amines) is 1. The predicted molar refractivity (Wildman–Crippen MR) is 64.2 cm³/mol. The van der Waals surface area contributed by atoms with Crippen LogP contribution in [0.1, 0.15) is 25.5 Å². The van der Waals surface area contributed by atoms with Crippen LogP contribution in [-0.4, -0.2) is 34.0 Å². The average molecular weight is 234 g/mol. The van der Waals surface area contributed by atoms with Gasteiger partial charge in [0, 0.05) is 19.3 Å². The Kier molecular flexibility index (Phi) is 3.90. The van der Waals surface area contributed by atoms with Crippen LogP contribution in [0.2, 0.25) is 0 Å². The Bertz CT molecular complexity index is 368. The summed E-state index contributed by atoms with van der Waals surface area (Å²) in [7, 11) is 0. The first-order valence-electron chi connectivity index (χ1n) is 6.03. The van der Waals surface area contributed by atoms with Crippen LogP contribution in [0.3, 0.4) is 0 Å². The van der Waals surface area contributed by atoms with E-state index in [0.29, 0.717) is 12.5 Å². The van der Waals surface area contributed by atoms with Gasteiger partial charge in [-0.3, -0.25) is 0 Å². The van der Waals surface area contributed by atoms with E-state index in [1.165, 1.54) is 12.7 Å². The van der Waals surface area contributed by atoms with Gasteiger partial charge in [-0.05, 0) is 24.8 Å². The molecule has 1 aromatic heterocycles. The zero-order valence-corrected chi connectivity index (χ0v) is 10.1. The van der Waals surface area contributed by atoms with Gasteiger partial charge in [0.1, 0.15) is 6.33 Å². The molecule has 1 N–H and O–H groups in total. The van der Waals surface area contributed by atoms with Crippen molar-refractivity contribution in [3.8, 4) is 0 Å². The van der Waals surface area contributed by atoms with Gasteiger partial charge in [0.05, 0.1) is 12.2 Å². The molecule has 1 aromatic rings. The second kappa shape index (κ2) is 5.61. The van der Waals surface area contributed by atoms with Crippen LogP contribution in [-0.2, 0) is 6.54 Å². The molecule has 1 saturated heterocycles. The Morgan fingerprint density at radius 2 is 2.53 bits per heavy atom. The first kappa shape index (κ1) is 11.8. The fraction of sp³-hybridized carbons (Fsp3) is 0.583. The quantitative estimate of drug-likeness (QED) is 0.842. The molecule has 1 atom stereocenters. The predicted octanol–water partition coefficient (Wildman–Crippen LogP) is 1.42. The van der Waals surface area contributed by atoms with E-state index in [-0.39, 0.29) is 6.03 Å². The molecular weight excluding hydrogens is 216 g/mol. The number of rotatable bonds is 2. The Morgan fingerprint density at radius 1 is 1.65 bits per heavy atom. The number of carbonyl (C=O) groups is 1. The topological polar surface area (TPSA) is 58.1 Å². The Hall–Kier alpha value is -1.65. The van der Waals surface area contributed by atoms with Crippen molar-refractivity contribution < 1.29 is 4.79 Å².